The second-order valence-corrected chi connectivity index (χ2v) is 7.71. The first kappa shape index (κ1) is 20.1. The average molecular weight is 389 g/mol. The van der Waals surface area contributed by atoms with Crippen LogP contribution in [0.5, 0.6) is 0 Å². The summed E-state index contributed by atoms with van der Waals surface area (Å²) in [5.74, 6) is -1.22. The third-order valence-electron chi connectivity index (χ3n) is 6.00. The van der Waals surface area contributed by atoms with Gasteiger partial charge in [-0.25, -0.2) is 9.59 Å². The minimum Gasteiger partial charge on any atom is -0.462 e. The molecule has 2 N–H and O–H groups in total. The van der Waals surface area contributed by atoms with Crippen molar-refractivity contribution >= 4 is 23.7 Å². The monoisotopic (exact) mass is 389 g/mol. The number of rotatable bonds is 5. The Bertz CT molecular complexity index is 843. The standard InChI is InChI=1S/C20H27N3O5/c1-5-28-17(25)15-12(3)16(21-13(15)4)14(24)10-23-18(26)20(22-19(23)27)9-7-6-8-11(20)2/h11,21H,5-10H2,1-4H3,(H,22,27)/t11-,20+/m0/s1. The minimum absolute atomic E-state index is 0.0303. The van der Waals surface area contributed by atoms with Gasteiger partial charge in [-0.2, -0.15) is 0 Å². The second kappa shape index (κ2) is 7.41. The number of amides is 3. The summed E-state index contributed by atoms with van der Waals surface area (Å²) < 4.78 is 5.04. The van der Waals surface area contributed by atoms with Crippen LogP contribution in [0.4, 0.5) is 4.79 Å². The van der Waals surface area contributed by atoms with Crippen molar-refractivity contribution in [1.29, 1.82) is 0 Å². The molecular formula is C20H27N3O5. The smallest absolute Gasteiger partial charge is 0.340 e. The third-order valence-corrected chi connectivity index (χ3v) is 6.00. The number of H-pyrrole nitrogens is 1. The van der Waals surface area contributed by atoms with Gasteiger partial charge in [-0.1, -0.05) is 19.8 Å². The maximum atomic E-state index is 13.0. The van der Waals surface area contributed by atoms with E-state index in [9.17, 15) is 19.2 Å². The van der Waals surface area contributed by atoms with Gasteiger partial charge < -0.3 is 15.0 Å². The Kier molecular flexibility index (Phi) is 5.32. The molecule has 0 aromatic carbocycles. The Labute approximate surface area is 164 Å². The number of imide groups is 1. The average Bonchev–Trinajstić information content (AvgIpc) is 3.06. The Balaban J connectivity index is 1.82. The van der Waals surface area contributed by atoms with E-state index >= 15 is 0 Å². The number of urea groups is 1. The molecule has 3 rings (SSSR count). The number of aromatic nitrogens is 1. The highest BCUT2D eigenvalue weighted by Gasteiger charge is 2.55. The van der Waals surface area contributed by atoms with E-state index in [-0.39, 0.29) is 30.7 Å². The van der Waals surface area contributed by atoms with E-state index < -0.39 is 23.3 Å². The lowest BCUT2D eigenvalue weighted by molar-refractivity contribution is -0.133. The summed E-state index contributed by atoms with van der Waals surface area (Å²) in [6.07, 6.45) is 3.36. The van der Waals surface area contributed by atoms with E-state index in [1.54, 1.807) is 20.8 Å². The fraction of sp³-hybridized carbons (Fsp3) is 0.600. The minimum atomic E-state index is -0.896. The lowest BCUT2D eigenvalue weighted by Gasteiger charge is -2.36. The summed E-state index contributed by atoms with van der Waals surface area (Å²) in [6.45, 7) is 6.88. The van der Waals surface area contributed by atoms with Crippen molar-refractivity contribution < 1.29 is 23.9 Å². The molecule has 1 saturated carbocycles. The van der Waals surface area contributed by atoms with E-state index in [1.807, 2.05) is 6.92 Å². The number of aryl methyl sites for hydroxylation is 1. The topological polar surface area (TPSA) is 109 Å². The molecule has 3 amide bonds. The molecule has 2 atom stereocenters. The van der Waals surface area contributed by atoms with Crippen LogP contribution < -0.4 is 5.32 Å². The summed E-state index contributed by atoms with van der Waals surface area (Å²) in [6, 6.07) is -0.529. The van der Waals surface area contributed by atoms with Crippen molar-refractivity contribution in [1.82, 2.24) is 15.2 Å². The highest BCUT2D eigenvalue weighted by atomic mass is 16.5. The number of nitrogens with one attached hydrogen (secondary N) is 2. The number of aromatic amines is 1. The number of nitrogens with zero attached hydrogens (tertiary/aromatic N) is 1. The summed E-state index contributed by atoms with van der Waals surface area (Å²) in [7, 11) is 0. The van der Waals surface area contributed by atoms with Crippen LogP contribution in [-0.4, -0.2) is 52.3 Å². The molecule has 2 fully saturated rings. The number of carbonyl (C=O) groups is 4. The fourth-order valence-corrected chi connectivity index (χ4v) is 4.40. The molecule has 1 aliphatic carbocycles. The van der Waals surface area contributed by atoms with Gasteiger partial charge in [0.05, 0.1) is 24.4 Å². The highest BCUT2D eigenvalue weighted by molar-refractivity contribution is 6.11. The van der Waals surface area contributed by atoms with Crippen LogP contribution >= 0.6 is 0 Å². The molecule has 1 spiro atoms. The predicted octanol–water partition coefficient (Wildman–Crippen LogP) is 2.49. The van der Waals surface area contributed by atoms with Crippen LogP contribution in [0.2, 0.25) is 0 Å². The maximum Gasteiger partial charge on any atom is 0.340 e. The lowest BCUT2D eigenvalue weighted by atomic mass is 9.73. The number of esters is 1. The SMILES string of the molecule is CCOC(=O)c1c(C)[nH]c(C(=O)CN2C(=O)N[C@@]3(CCCC[C@@H]3C)C2=O)c1C. The molecule has 152 valence electrons. The van der Waals surface area contributed by atoms with Crippen LogP contribution in [0, 0.1) is 19.8 Å². The fourth-order valence-electron chi connectivity index (χ4n) is 4.40. The molecule has 2 aliphatic rings. The van der Waals surface area contributed by atoms with Crippen molar-refractivity contribution in [2.24, 2.45) is 5.92 Å². The van der Waals surface area contributed by atoms with Gasteiger partial charge in [0.25, 0.3) is 5.91 Å². The molecule has 1 aromatic rings. The van der Waals surface area contributed by atoms with Gasteiger partial charge in [0.15, 0.2) is 5.78 Å². The molecule has 1 aliphatic heterocycles. The Hall–Kier alpha value is -2.64. The second-order valence-electron chi connectivity index (χ2n) is 7.71. The summed E-state index contributed by atoms with van der Waals surface area (Å²) in [5.41, 5.74) is 0.632. The van der Waals surface area contributed by atoms with Crippen molar-refractivity contribution in [3.8, 4) is 0 Å². The predicted molar refractivity (Wildman–Crippen MR) is 101 cm³/mol. The molecule has 8 heteroatoms. The maximum absolute atomic E-state index is 13.0. The van der Waals surface area contributed by atoms with E-state index in [0.717, 1.165) is 24.2 Å². The molecule has 1 saturated heterocycles. The molecule has 0 unspecified atom stereocenters. The van der Waals surface area contributed by atoms with Crippen molar-refractivity contribution in [3.05, 3.63) is 22.5 Å². The van der Waals surface area contributed by atoms with Gasteiger partial charge in [0, 0.05) is 5.69 Å². The van der Waals surface area contributed by atoms with E-state index in [1.165, 1.54) is 0 Å². The van der Waals surface area contributed by atoms with Gasteiger partial charge in [-0.05, 0) is 45.1 Å². The number of hydrogen-bond acceptors (Lipinski definition) is 5. The van der Waals surface area contributed by atoms with E-state index in [2.05, 4.69) is 10.3 Å². The zero-order chi connectivity index (χ0) is 20.6. The number of ether oxygens (including phenoxy) is 1. The number of ketones is 1. The Morgan fingerprint density at radius 2 is 1.96 bits per heavy atom. The van der Waals surface area contributed by atoms with E-state index in [4.69, 9.17) is 4.74 Å². The molecule has 1 aromatic heterocycles. The molecule has 0 bridgehead atoms. The lowest BCUT2D eigenvalue weighted by Crippen LogP contribution is -2.54. The normalized spacial score (nSPS) is 24.6. The first-order chi connectivity index (χ1) is 13.2. The van der Waals surface area contributed by atoms with E-state index in [0.29, 0.717) is 23.2 Å². The molecule has 28 heavy (non-hydrogen) atoms. The van der Waals surface area contributed by atoms with Gasteiger partial charge in [0.1, 0.15) is 5.54 Å². The van der Waals surface area contributed by atoms with Gasteiger partial charge >= 0.3 is 12.0 Å². The van der Waals surface area contributed by atoms with Crippen LogP contribution in [0.1, 0.15) is 71.6 Å². The Morgan fingerprint density at radius 1 is 1.25 bits per heavy atom. The van der Waals surface area contributed by atoms with Crippen LogP contribution in [-0.2, 0) is 9.53 Å². The Morgan fingerprint density at radius 3 is 2.61 bits per heavy atom. The summed E-state index contributed by atoms with van der Waals surface area (Å²) >= 11 is 0. The molecule has 0 radical (unpaired) electrons. The quantitative estimate of drug-likeness (QED) is 0.457. The molecule has 2 heterocycles. The zero-order valence-corrected chi connectivity index (χ0v) is 16.8. The van der Waals surface area contributed by atoms with Gasteiger partial charge in [-0.3, -0.25) is 14.5 Å². The van der Waals surface area contributed by atoms with Gasteiger partial charge in [-0.15, -0.1) is 0 Å². The molecular weight excluding hydrogens is 362 g/mol. The number of Topliss-reactive ketones (excluding diaryl/α,β-unsaturated/α-hetero) is 1. The third kappa shape index (κ3) is 3.10. The van der Waals surface area contributed by atoms with Crippen LogP contribution in [0.25, 0.3) is 0 Å². The number of carbonyl (C=O) groups excluding carboxylic acids is 4. The summed E-state index contributed by atoms with van der Waals surface area (Å²) in [4.78, 5) is 54.4. The van der Waals surface area contributed by atoms with Crippen LogP contribution in [0.15, 0.2) is 0 Å². The zero-order valence-electron chi connectivity index (χ0n) is 16.8. The summed E-state index contributed by atoms with van der Waals surface area (Å²) in [5, 5.41) is 2.84. The van der Waals surface area contributed by atoms with Crippen LogP contribution in [0.3, 0.4) is 0 Å². The van der Waals surface area contributed by atoms with Crippen molar-refractivity contribution in [2.45, 2.75) is 58.9 Å². The van der Waals surface area contributed by atoms with Gasteiger partial charge in [0.2, 0.25) is 0 Å². The largest absolute Gasteiger partial charge is 0.462 e. The van der Waals surface area contributed by atoms with Crippen molar-refractivity contribution in [3.63, 3.8) is 0 Å². The first-order valence-electron chi connectivity index (χ1n) is 9.76. The molecule has 8 nitrogen and oxygen atoms in total. The van der Waals surface area contributed by atoms with Crippen molar-refractivity contribution in [2.75, 3.05) is 13.2 Å². The highest BCUT2D eigenvalue weighted by Crippen LogP contribution is 2.38. The number of hydrogen-bond donors (Lipinski definition) is 2. The first-order valence-corrected chi connectivity index (χ1v) is 9.76.